The maximum atomic E-state index is 4.68. The number of aromatic nitrogens is 2. The van der Waals surface area contributed by atoms with Crippen molar-refractivity contribution in [3.05, 3.63) is 64.5 Å². The molecule has 0 saturated heterocycles. The SMILES string of the molecule is Brc1ccc2cc(-c3cnc([C@@H]4C=C(C5CC5)CC4)[nH]3)ccc2c1. The average molecular weight is 379 g/mol. The van der Waals surface area contributed by atoms with Crippen molar-refractivity contribution >= 4 is 26.7 Å². The van der Waals surface area contributed by atoms with E-state index in [-0.39, 0.29) is 0 Å². The van der Waals surface area contributed by atoms with Crippen LogP contribution in [0.1, 0.15) is 37.4 Å². The zero-order chi connectivity index (χ0) is 16.1. The molecule has 0 unspecified atom stereocenters. The van der Waals surface area contributed by atoms with Crippen LogP contribution in [0.25, 0.3) is 22.0 Å². The normalized spacial score (nSPS) is 20.5. The first-order valence-corrected chi connectivity index (χ1v) is 9.51. The minimum atomic E-state index is 0.478. The van der Waals surface area contributed by atoms with E-state index in [1.54, 1.807) is 5.57 Å². The second-order valence-electron chi connectivity index (χ2n) is 7.05. The van der Waals surface area contributed by atoms with E-state index in [0.717, 1.165) is 21.9 Å². The summed E-state index contributed by atoms with van der Waals surface area (Å²) in [6, 6.07) is 13.0. The largest absolute Gasteiger partial charge is 0.342 e. The molecule has 1 atom stereocenters. The van der Waals surface area contributed by atoms with Crippen molar-refractivity contribution in [3.63, 3.8) is 0 Å². The second-order valence-corrected chi connectivity index (χ2v) is 7.97. The Bertz CT molecular complexity index is 949. The van der Waals surface area contributed by atoms with Crippen LogP contribution in [0.4, 0.5) is 0 Å². The van der Waals surface area contributed by atoms with Crippen LogP contribution in [0.15, 0.2) is 58.7 Å². The van der Waals surface area contributed by atoms with E-state index >= 15 is 0 Å². The van der Waals surface area contributed by atoms with Crippen LogP contribution in [0.2, 0.25) is 0 Å². The van der Waals surface area contributed by atoms with Gasteiger partial charge in [-0.15, -0.1) is 0 Å². The lowest BCUT2D eigenvalue weighted by atomic mass is 10.1. The number of halogens is 1. The Balaban J connectivity index is 1.45. The van der Waals surface area contributed by atoms with Crippen molar-refractivity contribution < 1.29 is 0 Å². The van der Waals surface area contributed by atoms with E-state index in [0.29, 0.717) is 5.92 Å². The van der Waals surface area contributed by atoms with Gasteiger partial charge in [0.05, 0.1) is 11.9 Å². The van der Waals surface area contributed by atoms with Crippen molar-refractivity contribution in [3.8, 4) is 11.3 Å². The second kappa shape index (κ2) is 5.59. The molecule has 2 nitrogen and oxygen atoms in total. The fraction of sp³-hybridized carbons (Fsp3) is 0.286. The van der Waals surface area contributed by atoms with Crippen LogP contribution in [0, 0.1) is 5.92 Å². The minimum absolute atomic E-state index is 0.478. The summed E-state index contributed by atoms with van der Waals surface area (Å²) in [7, 11) is 0. The first kappa shape index (κ1) is 14.5. The maximum Gasteiger partial charge on any atom is 0.113 e. The topological polar surface area (TPSA) is 28.7 Å². The summed E-state index contributed by atoms with van der Waals surface area (Å²) >= 11 is 3.53. The third kappa shape index (κ3) is 2.61. The lowest BCUT2D eigenvalue weighted by Crippen LogP contribution is -1.93. The summed E-state index contributed by atoms with van der Waals surface area (Å²) < 4.78 is 1.12. The number of hydrogen-bond acceptors (Lipinski definition) is 1. The summed E-state index contributed by atoms with van der Waals surface area (Å²) in [4.78, 5) is 8.24. The van der Waals surface area contributed by atoms with E-state index in [9.17, 15) is 0 Å². The van der Waals surface area contributed by atoms with Gasteiger partial charge in [-0.1, -0.05) is 45.8 Å². The number of nitrogens with zero attached hydrogens (tertiary/aromatic N) is 1. The summed E-state index contributed by atoms with van der Waals surface area (Å²) in [5, 5.41) is 2.50. The van der Waals surface area contributed by atoms with Crippen LogP contribution in [0.5, 0.6) is 0 Å². The van der Waals surface area contributed by atoms with Crippen molar-refractivity contribution in [2.24, 2.45) is 5.92 Å². The van der Waals surface area contributed by atoms with Gasteiger partial charge in [0.2, 0.25) is 0 Å². The van der Waals surface area contributed by atoms with Crippen LogP contribution < -0.4 is 0 Å². The minimum Gasteiger partial charge on any atom is -0.342 e. The molecule has 2 aliphatic rings. The molecule has 0 amide bonds. The van der Waals surface area contributed by atoms with E-state index in [4.69, 9.17) is 0 Å². The highest BCUT2D eigenvalue weighted by Gasteiger charge is 2.31. The molecule has 120 valence electrons. The molecule has 0 bridgehead atoms. The molecule has 0 radical (unpaired) electrons. The molecule has 2 aromatic carbocycles. The summed E-state index contributed by atoms with van der Waals surface area (Å²) in [6.07, 6.45) is 9.72. The first-order chi connectivity index (χ1) is 11.8. The number of aromatic amines is 1. The van der Waals surface area contributed by atoms with Crippen molar-refractivity contribution in [1.82, 2.24) is 9.97 Å². The lowest BCUT2D eigenvalue weighted by molar-refractivity contribution is 0.740. The summed E-state index contributed by atoms with van der Waals surface area (Å²) in [5.74, 6) is 2.49. The van der Waals surface area contributed by atoms with Crippen LogP contribution >= 0.6 is 15.9 Å². The molecular weight excluding hydrogens is 360 g/mol. The Labute approximate surface area is 150 Å². The van der Waals surface area contributed by atoms with Gasteiger partial charge in [0, 0.05) is 16.0 Å². The maximum absolute atomic E-state index is 4.68. The van der Waals surface area contributed by atoms with Gasteiger partial charge >= 0.3 is 0 Å². The molecule has 1 heterocycles. The van der Waals surface area contributed by atoms with E-state index in [1.807, 2.05) is 6.20 Å². The molecule has 1 saturated carbocycles. The smallest absolute Gasteiger partial charge is 0.113 e. The number of fused-ring (bicyclic) bond motifs is 1. The molecule has 3 heteroatoms. The molecule has 1 fully saturated rings. The van der Waals surface area contributed by atoms with E-state index < -0.39 is 0 Å². The standard InChI is InChI=1S/C21H19BrN2/c22-19-8-7-15-9-17(5-3-16(15)11-19)20-12-23-21(24-20)18-6-4-14(10-18)13-1-2-13/h3,5,7-13,18H,1-2,4,6H2,(H,23,24)/t18-/m0/s1. The third-order valence-electron chi connectivity index (χ3n) is 5.32. The lowest BCUT2D eigenvalue weighted by Gasteiger charge is -2.04. The molecule has 0 aliphatic heterocycles. The molecule has 1 aromatic heterocycles. The fourth-order valence-corrected chi connectivity index (χ4v) is 4.19. The molecule has 24 heavy (non-hydrogen) atoms. The Kier molecular flexibility index (Phi) is 3.37. The average Bonchev–Trinajstić information content (AvgIpc) is 3.12. The fourth-order valence-electron chi connectivity index (χ4n) is 3.81. The molecule has 2 aliphatic carbocycles. The predicted octanol–water partition coefficient (Wildman–Crippen LogP) is 6.21. The predicted molar refractivity (Wildman–Crippen MR) is 102 cm³/mol. The number of nitrogens with one attached hydrogen (secondary N) is 1. The van der Waals surface area contributed by atoms with Gasteiger partial charge in [-0.2, -0.15) is 0 Å². The number of rotatable bonds is 3. The molecular formula is C21H19BrN2. The Morgan fingerprint density at radius 2 is 1.83 bits per heavy atom. The number of hydrogen-bond donors (Lipinski definition) is 1. The first-order valence-electron chi connectivity index (χ1n) is 8.71. The van der Waals surface area contributed by atoms with Gasteiger partial charge in [-0.05, 0) is 60.6 Å². The highest BCUT2D eigenvalue weighted by molar-refractivity contribution is 9.10. The Morgan fingerprint density at radius 1 is 1.00 bits per heavy atom. The molecule has 1 N–H and O–H groups in total. The van der Waals surface area contributed by atoms with Gasteiger partial charge in [0.15, 0.2) is 0 Å². The van der Waals surface area contributed by atoms with E-state index in [2.05, 4.69) is 68.4 Å². The van der Waals surface area contributed by atoms with Crippen LogP contribution in [-0.2, 0) is 0 Å². The number of allylic oxidation sites excluding steroid dienone is 2. The summed E-state index contributed by atoms with van der Waals surface area (Å²) in [5.41, 5.74) is 3.99. The van der Waals surface area contributed by atoms with Gasteiger partial charge in [0.1, 0.15) is 5.82 Å². The van der Waals surface area contributed by atoms with E-state index in [1.165, 1.54) is 42.0 Å². The van der Waals surface area contributed by atoms with Crippen molar-refractivity contribution in [2.75, 3.05) is 0 Å². The van der Waals surface area contributed by atoms with Gasteiger partial charge in [0.25, 0.3) is 0 Å². The van der Waals surface area contributed by atoms with Crippen LogP contribution in [-0.4, -0.2) is 9.97 Å². The van der Waals surface area contributed by atoms with Gasteiger partial charge in [-0.3, -0.25) is 0 Å². The van der Waals surface area contributed by atoms with Crippen molar-refractivity contribution in [1.29, 1.82) is 0 Å². The molecule has 3 aromatic rings. The quantitative estimate of drug-likeness (QED) is 0.539. The Morgan fingerprint density at radius 3 is 2.71 bits per heavy atom. The number of benzene rings is 2. The molecule has 0 spiro atoms. The highest BCUT2D eigenvalue weighted by atomic mass is 79.9. The highest BCUT2D eigenvalue weighted by Crippen LogP contribution is 2.45. The number of H-pyrrole nitrogens is 1. The zero-order valence-corrected chi connectivity index (χ0v) is 15.0. The summed E-state index contributed by atoms with van der Waals surface area (Å²) in [6.45, 7) is 0. The Hall–Kier alpha value is -1.87. The van der Waals surface area contributed by atoms with Gasteiger partial charge in [-0.25, -0.2) is 4.98 Å². The van der Waals surface area contributed by atoms with Gasteiger partial charge < -0.3 is 4.98 Å². The monoisotopic (exact) mass is 378 g/mol. The third-order valence-corrected chi connectivity index (χ3v) is 5.81. The van der Waals surface area contributed by atoms with Crippen molar-refractivity contribution in [2.45, 2.75) is 31.6 Å². The zero-order valence-electron chi connectivity index (χ0n) is 13.4. The van der Waals surface area contributed by atoms with Crippen LogP contribution in [0.3, 0.4) is 0 Å². The number of imidazole rings is 1. The molecule has 5 rings (SSSR count).